The van der Waals surface area contributed by atoms with Crippen LogP contribution in [0.3, 0.4) is 0 Å². The van der Waals surface area contributed by atoms with Crippen LogP contribution < -0.4 is 0 Å². The van der Waals surface area contributed by atoms with Crippen molar-refractivity contribution in [2.75, 3.05) is 0 Å². The van der Waals surface area contributed by atoms with Gasteiger partial charge in [0.1, 0.15) is 0 Å². The number of ketones is 5. The van der Waals surface area contributed by atoms with E-state index in [0.29, 0.717) is 0 Å². The molecule has 0 atom stereocenters. The Labute approximate surface area is 351 Å². The van der Waals surface area contributed by atoms with Crippen molar-refractivity contribution in [2.45, 2.75) is 0 Å². The van der Waals surface area contributed by atoms with E-state index in [-0.39, 0.29) is 22.3 Å². The molecule has 0 saturated carbocycles. The number of hydrogen-bond donors (Lipinski definition) is 0. The lowest BCUT2D eigenvalue weighted by molar-refractivity contribution is 0.100. The molecule has 0 saturated heterocycles. The van der Waals surface area contributed by atoms with Crippen molar-refractivity contribution >= 4 is 72.0 Å². The van der Waals surface area contributed by atoms with Crippen LogP contribution in [0.2, 0.25) is 0 Å². The van der Waals surface area contributed by atoms with E-state index < -0.39 is 63.9 Å². The quantitative estimate of drug-likeness (QED) is 0.121. The van der Waals surface area contributed by atoms with Crippen LogP contribution in [0, 0.1) is 0 Å². The van der Waals surface area contributed by atoms with E-state index in [1.807, 2.05) is 97.1 Å². The van der Waals surface area contributed by atoms with Crippen LogP contribution in [0.15, 0.2) is 170 Å². The van der Waals surface area contributed by atoms with Gasteiger partial charge in [-0.15, -0.1) is 0 Å². The van der Waals surface area contributed by atoms with Crippen molar-refractivity contribution in [1.82, 2.24) is 29.9 Å². The third-order valence-corrected chi connectivity index (χ3v) is 10.5. The zero-order valence-electron chi connectivity index (χ0n) is 32.4. The third-order valence-electron chi connectivity index (χ3n) is 10.5. The van der Waals surface area contributed by atoms with Crippen LogP contribution in [0.25, 0.3) is 43.1 Å². The summed E-state index contributed by atoms with van der Waals surface area (Å²) in [4.78, 5) is 97.1. The third kappa shape index (κ3) is 7.05. The van der Waals surface area contributed by atoms with Crippen molar-refractivity contribution in [3.05, 3.63) is 227 Å². The fraction of sp³-hybridized carbons (Fsp3) is 0. The van der Waals surface area contributed by atoms with Gasteiger partial charge in [-0.05, 0) is 67.4 Å². The minimum absolute atomic E-state index is 0.198. The molecule has 10 rings (SSSR count). The van der Waals surface area contributed by atoms with E-state index in [2.05, 4.69) is 29.9 Å². The smallest absolute Gasteiger partial charge is 0.267 e. The van der Waals surface area contributed by atoms with Gasteiger partial charge in [-0.1, -0.05) is 146 Å². The van der Waals surface area contributed by atoms with Gasteiger partial charge in [0.15, 0.2) is 0 Å². The fourth-order valence-electron chi connectivity index (χ4n) is 7.30. The Balaban J connectivity index is 1.11. The zero-order valence-corrected chi connectivity index (χ0v) is 32.4. The first-order valence-corrected chi connectivity index (χ1v) is 19.5. The summed E-state index contributed by atoms with van der Waals surface area (Å²) < 4.78 is 0. The van der Waals surface area contributed by atoms with E-state index in [1.54, 1.807) is 72.8 Å². The first-order valence-electron chi connectivity index (χ1n) is 19.5. The van der Waals surface area contributed by atoms with Gasteiger partial charge in [-0.2, -0.15) is 0 Å². The summed E-state index contributed by atoms with van der Waals surface area (Å²) in [7, 11) is 0. The number of rotatable bonds is 10. The zero-order chi connectivity index (χ0) is 42.3. The molecule has 0 spiro atoms. The molecule has 0 bridgehead atoms. The van der Waals surface area contributed by atoms with Crippen molar-refractivity contribution in [3.63, 3.8) is 0 Å². The molecule has 2 aromatic heterocycles. The van der Waals surface area contributed by atoms with Gasteiger partial charge in [0.2, 0.25) is 58.1 Å². The second kappa shape index (κ2) is 15.4. The van der Waals surface area contributed by atoms with Gasteiger partial charge >= 0.3 is 0 Å². The first kappa shape index (κ1) is 37.4. The molecule has 8 aromatic carbocycles. The second-order valence-electron chi connectivity index (χ2n) is 14.5. The molecule has 0 aliphatic heterocycles. The van der Waals surface area contributed by atoms with Crippen molar-refractivity contribution in [2.24, 2.45) is 0 Å². The molecule has 10 aromatic rings. The van der Waals surface area contributed by atoms with Gasteiger partial charge < -0.3 is 0 Å². The molecule has 0 aliphatic rings. The van der Waals surface area contributed by atoms with E-state index in [0.717, 1.165) is 43.1 Å². The Morgan fingerprint density at radius 1 is 0.226 bits per heavy atom. The topological polar surface area (TPSA) is 163 Å². The number of benzene rings is 8. The minimum atomic E-state index is -1.09. The Morgan fingerprint density at radius 2 is 0.419 bits per heavy atom. The number of carbonyl (C=O) groups is 5. The standard InChI is InChI=1S/C51H28N6O5/c58-41(37-21-17-29-9-1-5-13-33(29)25-37)46-52-47(42(59)38-22-18-30-10-2-6-14-34(30)26-38)55-50(54-46)45(62)51-56-48(43(60)39-23-19-31-11-3-7-15-35(31)27-39)53-49(57-51)44(61)40-24-20-32-12-4-8-16-36(32)28-40/h1-28H. The number of carbonyl (C=O) groups excluding carboxylic acids is 5. The number of nitrogens with zero attached hydrogens (tertiary/aromatic N) is 6. The highest BCUT2D eigenvalue weighted by Crippen LogP contribution is 2.23. The molecule has 0 fully saturated rings. The molecule has 0 radical (unpaired) electrons. The van der Waals surface area contributed by atoms with Gasteiger partial charge in [-0.3, -0.25) is 24.0 Å². The fourth-order valence-corrected chi connectivity index (χ4v) is 7.30. The summed E-state index contributed by atoms with van der Waals surface area (Å²) in [6, 6.07) is 49.9. The van der Waals surface area contributed by atoms with Crippen molar-refractivity contribution < 1.29 is 24.0 Å². The van der Waals surface area contributed by atoms with Crippen LogP contribution in [0.4, 0.5) is 0 Å². The van der Waals surface area contributed by atoms with E-state index in [4.69, 9.17) is 0 Å². The van der Waals surface area contributed by atoms with Crippen LogP contribution in [-0.2, 0) is 0 Å². The Morgan fingerprint density at radius 3 is 0.645 bits per heavy atom. The average Bonchev–Trinajstić information content (AvgIpc) is 3.34. The molecule has 0 unspecified atom stereocenters. The highest BCUT2D eigenvalue weighted by molar-refractivity contribution is 6.15. The molecule has 0 N–H and O–H groups in total. The molecular formula is C51H28N6O5. The predicted octanol–water partition coefficient (Wildman–Crippen LogP) is 8.82. The molecule has 292 valence electrons. The largest absolute Gasteiger partial charge is 0.285 e. The Hall–Kier alpha value is -8.83. The van der Waals surface area contributed by atoms with Crippen molar-refractivity contribution in [3.8, 4) is 0 Å². The monoisotopic (exact) mass is 804 g/mol. The lowest BCUT2D eigenvalue weighted by Crippen LogP contribution is -2.23. The average molecular weight is 805 g/mol. The normalized spacial score (nSPS) is 11.2. The summed E-state index contributed by atoms with van der Waals surface area (Å²) >= 11 is 0. The van der Waals surface area contributed by atoms with Crippen LogP contribution in [0.1, 0.15) is 81.2 Å². The van der Waals surface area contributed by atoms with E-state index >= 15 is 0 Å². The molecule has 0 amide bonds. The number of hydrogen-bond acceptors (Lipinski definition) is 11. The minimum Gasteiger partial charge on any atom is -0.285 e. The van der Waals surface area contributed by atoms with Crippen LogP contribution in [-0.4, -0.2) is 58.8 Å². The number of fused-ring (bicyclic) bond motifs is 4. The lowest BCUT2D eigenvalue weighted by atomic mass is 10.0. The van der Waals surface area contributed by atoms with E-state index in [9.17, 15) is 24.0 Å². The Kier molecular flexibility index (Phi) is 9.30. The summed E-state index contributed by atoms with van der Waals surface area (Å²) in [5.74, 6) is -7.11. The van der Waals surface area contributed by atoms with Crippen LogP contribution in [0.5, 0.6) is 0 Å². The predicted molar refractivity (Wildman–Crippen MR) is 233 cm³/mol. The highest BCUT2D eigenvalue weighted by atomic mass is 16.2. The maximum atomic E-state index is 14.6. The second-order valence-corrected chi connectivity index (χ2v) is 14.5. The summed E-state index contributed by atoms with van der Waals surface area (Å²) in [6.07, 6.45) is 0. The van der Waals surface area contributed by atoms with Gasteiger partial charge in [0.25, 0.3) is 5.78 Å². The molecular weight excluding hydrogens is 777 g/mol. The highest BCUT2D eigenvalue weighted by Gasteiger charge is 2.29. The van der Waals surface area contributed by atoms with Crippen molar-refractivity contribution in [1.29, 1.82) is 0 Å². The van der Waals surface area contributed by atoms with Gasteiger partial charge in [0, 0.05) is 22.3 Å². The molecule has 2 heterocycles. The first-order chi connectivity index (χ1) is 30.3. The molecule has 11 nitrogen and oxygen atoms in total. The SMILES string of the molecule is O=C(c1ccc2ccccc2c1)c1nc(C(=O)c2ccc3ccccc3c2)nc(C(=O)c2nc(C(=O)c3ccc4ccccc4c3)nc(C(=O)c3ccc4ccccc4c3)n2)n1. The lowest BCUT2D eigenvalue weighted by Gasteiger charge is -2.09. The number of aromatic nitrogens is 6. The summed E-state index contributed by atoms with van der Waals surface area (Å²) in [6.45, 7) is 0. The molecule has 0 aliphatic carbocycles. The summed E-state index contributed by atoms with van der Waals surface area (Å²) in [5, 5.41) is 6.65. The van der Waals surface area contributed by atoms with Gasteiger partial charge in [0.05, 0.1) is 0 Å². The summed E-state index contributed by atoms with van der Waals surface area (Å²) in [5.41, 5.74) is 0.793. The van der Waals surface area contributed by atoms with Crippen LogP contribution >= 0.6 is 0 Å². The van der Waals surface area contributed by atoms with E-state index in [1.165, 1.54) is 0 Å². The van der Waals surface area contributed by atoms with Gasteiger partial charge in [-0.25, -0.2) is 29.9 Å². The maximum absolute atomic E-state index is 14.6. The molecule has 62 heavy (non-hydrogen) atoms. The Bertz CT molecular complexity index is 3100. The molecule has 11 heteroatoms. The maximum Gasteiger partial charge on any atom is 0.267 e.